The third kappa shape index (κ3) is 5.89. The van der Waals surface area contributed by atoms with E-state index in [4.69, 9.17) is 9.84 Å². The highest BCUT2D eigenvalue weighted by molar-refractivity contribution is 5.98. The van der Waals surface area contributed by atoms with E-state index in [9.17, 15) is 14.4 Å². The van der Waals surface area contributed by atoms with E-state index in [1.54, 1.807) is 36.3 Å². The summed E-state index contributed by atoms with van der Waals surface area (Å²) in [6.07, 6.45) is 2.97. The number of ketones is 1. The lowest BCUT2D eigenvalue weighted by Gasteiger charge is -2.32. The van der Waals surface area contributed by atoms with Crippen LogP contribution in [0.4, 0.5) is 0 Å². The van der Waals surface area contributed by atoms with Gasteiger partial charge in [-0.05, 0) is 49.4 Å². The Labute approximate surface area is 147 Å². The number of amides is 1. The maximum atomic E-state index is 12.4. The first-order valence-electron chi connectivity index (χ1n) is 8.66. The van der Waals surface area contributed by atoms with E-state index in [0.717, 1.165) is 12.8 Å². The molecule has 1 aliphatic rings. The smallest absolute Gasteiger partial charge is 0.303 e. The number of hydrogen-bond donors (Lipinski definition) is 1. The summed E-state index contributed by atoms with van der Waals surface area (Å²) in [5.41, 5.74) is 0.576. The number of methoxy groups -OCH3 is 1. The largest absolute Gasteiger partial charge is 0.497 e. The molecule has 6 nitrogen and oxygen atoms in total. The van der Waals surface area contributed by atoms with Crippen molar-refractivity contribution >= 4 is 17.7 Å². The van der Waals surface area contributed by atoms with Gasteiger partial charge in [0.05, 0.1) is 7.11 Å². The molecule has 0 bridgehead atoms. The summed E-state index contributed by atoms with van der Waals surface area (Å²) in [7, 11) is 1.57. The molecule has 1 saturated heterocycles. The summed E-state index contributed by atoms with van der Waals surface area (Å²) in [6, 6.07) is 6.86. The molecule has 1 fully saturated rings. The van der Waals surface area contributed by atoms with Crippen LogP contribution in [0.1, 0.15) is 48.9 Å². The molecule has 25 heavy (non-hydrogen) atoms. The second-order valence-electron chi connectivity index (χ2n) is 6.43. The Hall–Kier alpha value is -2.37. The predicted octanol–water partition coefficient (Wildman–Crippen LogP) is 2.76. The van der Waals surface area contributed by atoms with Gasteiger partial charge in [-0.1, -0.05) is 0 Å². The van der Waals surface area contributed by atoms with Gasteiger partial charge in [0.25, 0.3) is 0 Å². The van der Waals surface area contributed by atoms with Crippen LogP contribution in [-0.2, 0) is 9.59 Å². The van der Waals surface area contributed by atoms with Crippen LogP contribution in [0.3, 0.4) is 0 Å². The number of piperidine rings is 1. The molecule has 1 aromatic rings. The van der Waals surface area contributed by atoms with Gasteiger partial charge in [-0.25, -0.2) is 0 Å². The summed E-state index contributed by atoms with van der Waals surface area (Å²) in [5.74, 6) is 0.0466. The number of aliphatic carboxylic acids is 1. The zero-order valence-corrected chi connectivity index (χ0v) is 14.6. The van der Waals surface area contributed by atoms with Crippen molar-refractivity contribution in [2.75, 3.05) is 20.2 Å². The molecule has 0 aromatic heterocycles. The van der Waals surface area contributed by atoms with Gasteiger partial charge in [-0.3, -0.25) is 14.4 Å². The fraction of sp³-hybridized carbons (Fsp3) is 0.526. The minimum absolute atomic E-state index is 0.0260. The maximum Gasteiger partial charge on any atom is 0.303 e. The van der Waals surface area contributed by atoms with Crippen LogP contribution in [0, 0.1) is 5.92 Å². The van der Waals surface area contributed by atoms with Gasteiger partial charge in [0.15, 0.2) is 5.78 Å². The van der Waals surface area contributed by atoms with Crippen LogP contribution >= 0.6 is 0 Å². The zero-order chi connectivity index (χ0) is 18.2. The molecule has 1 aromatic carbocycles. The van der Waals surface area contributed by atoms with Gasteiger partial charge in [0.2, 0.25) is 5.91 Å². The van der Waals surface area contributed by atoms with Crippen LogP contribution in [0.15, 0.2) is 24.3 Å². The van der Waals surface area contributed by atoms with Crippen molar-refractivity contribution < 1.29 is 24.2 Å². The van der Waals surface area contributed by atoms with Gasteiger partial charge in [-0.15, -0.1) is 0 Å². The second kappa shape index (κ2) is 9.20. The molecule has 1 N–H and O–H groups in total. The minimum Gasteiger partial charge on any atom is -0.497 e. The highest BCUT2D eigenvalue weighted by Crippen LogP contribution is 2.22. The molecule has 1 unspecified atom stereocenters. The SMILES string of the molecule is COc1ccc(C(=O)CCC(=O)N2CCCC(CCC(=O)O)C2)cc1. The van der Waals surface area contributed by atoms with E-state index in [1.165, 1.54) is 0 Å². The number of likely N-dealkylation sites (tertiary alicyclic amines) is 1. The van der Waals surface area contributed by atoms with Gasteiger partial charge in [0, 0.05) is 37.9 Å². The summed E-state index contributed by atoms with van der Waals surface area (Å²) in [5, 5.41) is 8.78. The van der Waals surface area contributed by atoms with E-state index in [-0.39, 0.29) is 36.9 Å². The van der Waals surface area contributed by atoms with E-state index < -0.39 is 5.97 Å². The van der Waals surface area contributed by atoms with Crippen molar-refractivity contribution in [2.45, 2.75) is 38.5 Å². The Balaban J connectivity index is 1.80. The van der Waals surface area contributed by atoms with Crippen molar-refractivity contribution in [3.63, 3.8) is 0 Å². The van der Waals surface area contributed by atoms with Crippen LogP contribution in [0.2, 0.25) is 0 Å². The first kappa shape index (κ1) is 19.0. The third-order valence-corrected chi connectivity index (χ3v) is 4.62. The Bertz CT molecular complexity index is 611. The molecule has 6 heteroatoms. The highest BCUT2D eigenvalue weighted by Gasteiger charge is 2.24. The van der Waals surface area contributed by atoms with Crippen LogP contribution < -0.4 is 4.74 Å². The first-order chi connectivity index (χ1) is 12.0. The number of carboxylic acid groups (broad SMARTS) is 1. The van der Waals surface area contributed by atoms with Crippen LogP contribution in [-0.4, -0.2) is 47.9 Å². The third-order valence-electron chi connectivity index (χ3n) is 4.62. The molecule has 136 valence electrons. The quantitative estimate of drug-likeness (QED) is 0.731. The lowest BCUT2D eigenvalue weighted by Crippen LogP contribution is -2.40. The van der Waals surface area contributed by atoms with Gasteiger partial charge < -0.3 is 14.7 Å². The normalized spacial score (nSPS) is 17.2. The molecule has 0 saturated carbocycles. The van der Waals surface area contributed by atoms with Crippen LogP contribution in [0.25, 0.3) is 0 Å². The number of hydrogen-bond acceptors (Lipinski definition) is 4. The zero-order valence-electron chi connectivity index (χ0n) is 14.6. The number of Topliss-reactive ketones (excluding diaryl/α,β-unsaturated/α-hetero) is 1. The first-order valence-corrected chi connectivity index (χ1v) is 8.66. The fourth-order valence-corrected chi connectivity index (χ4v) is 3.15. The number of carbonyl (C=O) groups is 3. The second-order valence-corrected chi connectivity index (χ2v) is 6.43. The van der Waals surface area contributed by atoms with Crippen LogP contribution in [0.5, 0.6) is 5.75 Å². The molecule has 0 radical (unpaired) electrons. The van der Waals surface area contributed by atoms with E-state index >= 15 is 0 Å². The lowest BCUT2D eigenvalue weighted by molar-refractivity contribution is -0.137. The topological polar surface area (TPSA) is 83.9 Å². The maximum absolute atomic E-state index is 12.4. The molecular weight excluding hydrogens is 322 g/mol. The Kier molecular flexibility index (Phi) is 6.98. The van der Waals surface area contributed by atoms with E-state index in [0.29, 0.717) is 30.8 Å². The Morgan fingerprint density at radius 3 is 2.52 bits per heavy atom. The molecule has 1 atom stereocenters. The Morgan fingerprint density at radius 2 is 1.88 bits per heavy atom. The number of nitrogens with zero attached hydrogens (tertiary/aromatic N) is 1. The highest BCUT2D eigenvalue weighted by atomic mass is 16.5. The van der Waals surface area contributed by atoms with Gasteiger partial charge in [-0.2, -0.15) is 0 Å². The lowest BCUT2D eigenvalue weighted by atomic mass is 9.93. The number of benzene rings is 1. The van der Waals surface area contributed by atoms with Crippen molar-refractivity contribution in [1.82, 2.24) is 4.90 Å². The average Bonchev–Trinajstić information content (AvgIpc) is 2.64. The summed E-state index contributed by atoms with van der Waals surface area (Å²) in [4.78, 5) is 37.0. The molecule has 1 amide bonds. The molecular formula is C19H25NO5. The van der Waals surface area contributed by atoms with Gasteiger partial charge >= 0.3 is 5.97 Å². The molecule has 2 rings (SSSR count). The fourth-order valence-electron chi connectivity index (χ4n) is 3.15. The minimum atomic E-state index is -0.798. The molecule has 0 aliphatic carbocycles. The predicted molar refractivity (Wildman–Crippen MR) is 92.7 cm³/mol. The van der Waals surface area contributed by atoms with Crippen molar-refractivity contribution in [3.8, 4) is 5.75 Å². The van der Waals surface area contributed by atoms with Crippen molar-refractivity contribution in [2.24, 2.45) is 5.92 Å². The molecule has 1 aliphatic heterocycles. The average molecular weight is 347 g/mol. The van der Waals surface area contributed by atoms with Crippen molar-refractivity contribution in [3.05, 3.63) is 29.8 Å². The molecule has 1 heterocycles. The standard InChI is InChI=1S/C19H25NO5/c1-25-16-7-5-15(6-8-16)17(21)9-10-18(22)20-12-2-3-14(13-20)4-11-19(23)24/h5-8,14H,2-4,9-13H2,1H3,(H,23,24). The summed E-state index contributed by atoms with van der Waals surface area (Å²) >= 11 is 0. The van der Waals surface area contributed by atoms with Gasteiger partial charge in [0.1, 0.15) is 5.75 Å². The van der Waals surface area contributed by atoms with E-state index in [1.807, 2.05) is 0 Å². The molecule has 0 spiro atoms. The number of carboxylic acids is 1. The van der Waals surface area contributed by atoms with E-state index in [2.05, 4.69) is 0 Å². The number of rotatable bonds is 8. The summed E-state index contributed by atoms with van der Waals surface area (Å²) in [6.45, 7) is 1.29. The summed E-state index contributed by atoms with van der Waals surface area (Å²) < 4.78 is 5.06. The monoisotopic (exact) mass is 347 g/mol. The van der Waals surface area contributed by atoms with Crippen molar-refractivity contribution in [1.29, 1.82) is 0 Å². The number of carbonyl (C=O) groups excluding carboxylic acids is 2. The Morgan fingerprint density at radius 1 is 1.16 bits per heavy atom. The number of ether oxygens (including phenoxy) is 1.